The molecule has 2 aromatic rings. The summed E-state index contributed by atoms with van der Waals surface area (Å²) in [6, 6.07) is 10.6. The zero-order chi connectivity index (χ0) is 15.4. The van der Waals surface area contributed by atoms with E-state index in [2.05, 4.69) is 5.32 Å². The van der Waals surface area contributed by atoms with Gasteiger partial charge >= 0.3 is 0 Å². The average molecular weight is 325 g/mol. The predicted octanol–water partition coefficient (Wildman–Crippen LogP) is 3.21. The van der Waals surface area contributed by atoms with E-state index in [1.54, 1.807) is 42.5 Å². The van der Waals surface area contributed by atoms with E-state index in [9.17, 15) is 9.90 Å². The molecule has 0 saturated heterocycles. The van der Waals surface area contributed by atoms with Crippen molar-refractivity contribution in [3.8, 4) is 5.75 Å². The van der Waals surface area contributed by atoms with Crippen LogP contribution >= 0.6 is 23.2 Å². The van der Waals surface area contributed by atoms with E-state index in [4.69, 9.17) is 28.9 Å². The van der Waals surface area contributed by atoms with Crippen molar-refractivity contribution in [2.75, 3.05) is 5.32 Å². The number of hydrogen-bond acceptors (Lipinski definition) is 3. The number of carbonyl (C=O) groups excluding carboxylic acids is 1. The first-order valence-corrected chi connectivity index (χ1v) is 7.00. The van der Waals surface area contributed by atoms with E-state index >= 15 is 0 Å². The lowest BCUT2D eigenvalue weighted by Gasteiger charge is -2.13. The average Bonchev–Trinajstić information content (AvgIpc) is 2.40. The summed E-state index contributed by atoms with van der Waals surface area (Å²) in [4.78, 5) is 12.0. The first-order chi connectivity index (χ1) is 9.94. The fourth-order valence-electron chi connectivity index (χ4n) is 1.84. The van der Waals surface area contributed by atoms with Gasteiger partial charge in [0.05, 0.1) is 6.04 Å². The lowest BCUT2D eigenvalue weighted by Crippen LogP contribution is -2.37. The summed E-state index contributed by atoms with van der Waals surface area (Å²) in [6.07, 6.45) is 0.362. The van der Waals surface area contributed by atoms with Gasteiger partial charge in [-0.3, -0.25) is 4.79 Å². The van der Waals surface area contributed by atoms with Crippen LogP contribution in [0.15, 0.2) is 42.5 Å². The number of phenolic OH excluding ortho intramolecular Hbond substituents is 1. The van der Waals surface area contributed by atoms with Gasteiger partial charge in [-0.2, -0.15) is 0 Å². The molecule has 0 heterocycles. The van der Waals surface area contributed by atoms with Crippen molar-refractivity contribution in [1.82, 2.24) is 0 Å². The third kappa shape index (κ3) is 4.63. The van der Waals surface area contributed by atoms with Gasteiger partial charge in [-0.05, 0) is 42.3 Å². The van der Waals surface area contributed by atoms with Crippen LogP contribution in [-0.2, 0) is 11.2 Å². The molecule has 0 aliphatic rings. The summed E-state index contributed by atoms with van der Waals surface area (Å²) < 4.78 is 0. The minimum atomic E-state index is -0.715. The fourth-order valence-corrected chi connectivity index (χ4v) is 2.37. The van der Waals surface area contributed by atoms with Crippen LogP contribution in [0.1, 0.15) is 5.56 Å². The molecule has 1 amide bonds. The molecule has 2 aromatic carbocycles. The van der Waals surface area contributed by atoms with Crippen molar-refractivity contribution in [3.63, 3.8) is 0 Å². The van der Waals surface area contributed by atoms with Gasteiger partial charge in [-0.15, -0.1) is 0 Å². The van der Waals surface area contributed by atoms with Crippen LogP contribution in [0.4, 0.5) is 5.69 Å². The molecule has 21 heavy (non-hydrogen) atoms. The number of nitrogens with two attached hydrogens (primary N) is 1. The van der Waals surface area contributed by atoms with Crippen LogP contribution in [0.5, 0.6) is 5.75 Å². The number of amides is 1. The molecule has 0 aliphatic carbocycles. The quantitative estimate of drug-likeness (QED) is 0.808. The van der Waals surface area contributed by atoms with Crippen LogP contribution < -0.4 is 11.1 Å². The number of carbonyl (C=O) groups is 1. The Hall–Kier alpha value is -1.75. The highest BCUT2D eigenvalue weighted by molar-refractivity contribution is 6.35. The maximum Gasteiger partial charge on any atom is 0.241 e. The van der Waals surface area contributed by atoms with Gasteiger partial charge < -0.3 is 16.2 Å². The summed E-state index contributed by atoms with van der Waals surface area (Å²) in [6.45, 7) is 0. The normalized spacial score (nSPS) is 12.0. The van der Waals surface area contributed by atoms with Crippen molar-refractivity contribution >= 4 is 34.8 Å². The molecular formula is C15H14Cl2N2O2. The Morgan fingerprint density at radius 2 is 1.71 bits per heavy atom. The first-order valence-electron chi connectivity index (χ1n) is 6.24. The standard InChI is InChI=1S/C15H14Cl2N2O2/c16-10-6-11(17)8-12(7-10)19-15(21)14(18)5-9-1-3-13(20)4-2-9/h1-4,6-8,14,20H,5,18H2,(H,19,21)/t14-/m1/s1. The van der Waals surface area contributed by atoms with Crippen LogP contribution in [0.2, 0.25) is 10.0 Å². The maximum atomic E-state index is 12.0. The number of phenols is 1. The number of nitrogens with one attached hydrogen (secondary N) is 1. The van der Waals surface area contributed by atoms with Crippen LogP contribution in [0.25, 0.3) is 0 Å². The van der Waals surface area contributed by atoms with E-state index in [0.717, 1.165) is 5.56 Å². The topological polar surface area (TPSA) is 75.3 Å². The van der Waals surface area contributed by atoms with Gasteiger partial charge in [0.15, 0.2) is 0 Å². The van der Waals surface area contributed by atoms with Crippen LogP contribution in [0, 0.1) is 0 Å². The van der Waals surface area contributed by atoms with E-state index in [1.807, 2.05) is 0 Å². The van der Waals surface area contributed by atoms with Crippen molar-refractivity contribution in [3.05, 3.63) is 58.1 Å². The molecule has 0 aromatic heterocycles. The van der Waals surface area contributed by atoms with Gasteiger partial charge in [0, 0.05) is 15.7 Å². The van der Waals surface area contributed by atoms with E-state index in [1.165, 1.54) is 0 Å². The summed E-state index contributed by atoms with van der Waals surface area (Å²) in [5.74, 6) is -0.160. The molecule has 2 rings (SSSR count). The minimum absolute atomic E-state index is 0.172. The second-order valence-corrected chi connectivity index (χ2v) is 5.50. The van der Waals surface area contributed by atoms with E-state index < -0.39 is 6.04 Å². The fraction of sp³-hybridized carbons (Fsp3) is 0.133. The summed E-state index contributed by atoms with van der Waals surface area (Å²) in [7, 11) is 0. The second-order valence-electron chi connectivity index (χ2n) is 4.62. The van der Waals surface area contributed by atoms with Gasteiger partial charge in [-0.1, -0.05) is 35.3 Å². The molecule has 0 bridgehead atoms. The monoisotopic (exact) mass is 324 g/mol. The molecule has 0 spiro atoms. The molecule has 0 unspecified atom stereocenters. The Morgan fingerprint density at radius 3 is 2.29 bits per heavy atom. The zero-order valence-electron chi connectivity index (χ0n) is 11.0. The summed E-state index contributed by atoms with van der Waals surface area (Å²) >= 11 is 11.7. The summed E-state index contributed by atoms with van der Waals surface area (Å²) in [5, 5.41) is 12.8. The van der Waals surface area contributed by atoms with Gasteiger partial charge in [0.2, 0.25) is 5.91 Å². The number of rotatable bonds is 4. The smallest absolute Gasteiger partial charge is 0.241 e. The lowest BCUT2D eigenvalue weighted by molar-refractivity contribution is -0.117. The van der Waals surface area contributed by atoms with Crippen molar-refractivity contribution in [1.29, 1.82) is 0 Å². The summed E-state index contributed by atoms with van der Waals surface area (Å²) in [5.41, 5.74) is 7.23. The zero-order valence-corrected chi connectivity index (χ0v) is 12.5. The molecule has 6 heteroatoms. The maximum absolute atomic E-state index is 12.0. The van der Waals surface area contributed by atoms with Crippen LogP contribution in [-0.4, -0.2) is 17.1 Å². The Balaban J connectivity index is 2.00. The molecule has 1 atom stereocenters. The number of halogens is 2. The minimum Gasteiger partial charge on any atom is -0.508 e. The largest absolute Gasteiger partial charge is 0.508 e. The van der Waals surface area contributed by atoms with Crippen LogP contribution in [0.3, 0.4) is 0 Å². The van der Waals surface area contributed by atoms with Crippen molar-refractivity contribution < 1.29 is 9.90 Å². The lowest BCUT2D eigenvalue weighted by atomic mass is 10.1. The highest BCUT2D eigenvalue weighted by atomic mass is 35.5. The third-order valence-corrected chi connectivity index (χ3v) is 3.30. The molecule has 110 valence electrons. The Kier molecular flexibility index (Phi) is 5.07. The highest BCUT2D eigenvalue weighted by Gasteiger charge is 2.14. The Labute approximate surface area is 132 Å². The molecule has 0 saturated carbocycles. The van der Waals surface area contributed by atoms with E-state index in [-0.39, 0.29) is 11.7 Å². The van der Waals surface area contributed by atoms with Crippen molar-refractivity contribution in [2.24, 2.45) is 5.73 Å². The Bertz CT molecular complexity index is 624. The predicted molar refractivity (Wildman–Crippen MR) is 84.9 cm³/mol. The third-order valence-electron chi connectivity index (χ3n) is 2.86. The number of aromatic hydroxyl groups is 1. The van der Waals surface area contributed by atoms with Gasteiger partial charge in [0.1, 0.15) is 5.75 Å². The molecule has 0 aliphatic heterocycles. The van der Waals surface area contributed by atoms with Gasteiger partial charge in [0.25, 0.3) is 0 Å². The highest BCUT2D eigenvalue weighted by Crippen LogP contribution is 2.22. The van der Waals surface area contributed by atoms with E-state index in [0.29, 0.717) is 22.2 Å². The molecular weight excluding hydrogens is 311 g/mol. The van der Waals surface area contributed by atoms with Gasteiger partial charge in [-0.25, -0.2) is 0 Å². The number of benzene rings is 2. The first kappa shape index (κ1) is 15.6. The molecule has 0 radical (unpaired) electrons. The number of hydrogen-bond donors (Lipinski definition) is 3. The van der Waals surface area contributed by atoms with Crippen molar-refractivity contribution in [2.45, 2.75) is 12.5 Å². The number of anilines is 1. The molecule has 4 nitrogen and oxygen atoms in total. The molecule has 0 fully saturated rings. The Morgan fingerprint density at radius 1 is 1.14 bits per heavy atom. The second kappa shape index (κ2) is 6.80. The molecule has 4 N–H and O–H groups in total. The SMILES string of the molecule is N[C@H](Cc1ccc(O)cc1)C(=O)Nc1cc(Cl)cc(Cl)c1.